The van der Waals surface area contributed by atoms with E-state index in [-0.39, 0.29) is 5.97 Å². The molecule has 0 aliphatic heterocycles. The molecular formula is C17H20BrNO2. The molecule has 1 aromatic carbocycles. The van der Waals surface area contributed by atoms with Gasteiger partial charge < -0.3 is 9.30 Å². The van der Waals surface area contributed by atoms with Crippen LogP contribution in [0, 0.1) is 0 Å². The van der Waals surface area contributed by atoms with Gasteiger partial charge in [-0.05, 0) is 53.9 Å². The number of nitrogens with zero attached hydrogens (tertiary/aromatic N) is 1. The number of aromatic nitrogens is 1. The van der Waals surface area contributed by atoms with Crippen molar-refractivity contribution in [1.29, 1.82) is 0 Å². The molecule has 0 bridgehead atoms. The number of fused-ring (bicyclic) bond motifs is 1. The van der Waals surface area contributed by atoms with Crippen molar-refractivity contribution in [2.75, 3.05) is 6.61 Å². The van der Waals surface area contributed by atoms with Gasteiger partial charge in [-0.25, -0.2) is 4.79 Å². The van der Waals surface area contributed by atoms with Crippen LogP contribution in [-0.2, 0) is 4.74 Å². The first kappa shape index (κ1) is 14.6. The minimum Gasteiger partial charge on any atom is -0.462 e. The molecule has 4 heteroatoms. The first-order valence-electron chi connectivity index (χ1n) is 7.68. The summed E-state index contributed by atoms with van der Waals surface area (Å²) in [5.74, 6) is -0.253. The largest absolute Gasteiger partial charge is 0.462 e. The van der Waals surface area contributed by atoms with Gasteiger partial charge in [-0.15, -0.1) is 0 Å². The summed E-state index contributed by atoms with van der Waals surface area (Å²) in [7, 11) is 0. The summed E-state index contributed by atoms with van der Waals surface area (Å²) >= 11 is 3.63. The van der Waals surface area contributed by atoms with E-state index in [0.29, 0.717) is 18.2 Å². The van der Waals surface area contributed by atoms with E-state index in [1.165, 1.54) is 37.6 Å². The maximum absolute atomic E-state index is 11.9. The monoisotopic (exact) mass is 349 g/mol. The second-order valence-corrected chi connectivity index (χ2v) is 6.48. The molecule has 1 aliphatic rings. The van der Waals surface area contributed by atoms with Crippen LogP contribution in [-0.4, -0.2) is 17.1 Å². The third kappa shape index (κ3) is 2.86. The third-order valence-corrected chi connectivity index (χ3v) is 4.90. The van der Waals surface area contributed by atoms with Crippen molar-refractivity contribution in [3.8, 4) is 0 Å². The van der Waals surface area contributed by atoms with Crippen molar-refractivity contribution in [3.05, 3.63) is 34.4 Å². The van der Waals surface area contributed by atoms with Gasteiger partial charge in [0.05, 0.1) is 12.2 Å². The van der Waals surface area contributed by atoms with Crippen LogP contribution in [0.5, 0.6) is 0 Å². The Kier molecular flexibility index (Phi) is 4.34. The molecule has 3 rings (SSSR count). The molecule has 0 amide bonds. The summed E-state index contributed by atoms with van der Waals surface area (Å²) < 4.78 is 8.50. The summed E-state index contributed by atoms with van der Waals surface area (Å²) in [5.41, 5.74) is 1.81. The SMILES string of the molecule is CCOC(=O)c1ccc2c(c1)c(Br)cn2C1CCCCC1. The number of ether oxygens (including phenoxy) is 1. The van der Waals surface area contributed by atoms with Gasteiger partial charge in [0.2, 0.25) is 0 Å². The molecule has 0 unspecified atom stereocenters. The topological polar surface area (TPSA) is 31.2 Å². The van der Waals surface area contributed by atoms with Gasteiger partial charge in [0.15, 0.2) is 0 Å². The van der Waals surface area contributed by atoms with Gasteiger partial charge in [-0.2, -0.15) is 0 Å². The molecule has 0 N–H and O–H groups in total. The van der Waals surface area contributed by atoms with E-state index in [1.807, 2.05) is 25.1 Å². The minimum atomic E-state index is -0.253. The van der Waals surface area contributed by atoms with Crippen molar-refractivity contribution in [2.24, 2.45) is 0 Å². The third-order valence-electron chi connectivity index (χ3n) is 4.26. The number of halogens is 1. The predicted molar refractivity (Wildman–Crippen MR) is 87.7 cm³/mol. The molecule has 0 spiro atoms. The van der Waals surface area contributed by atoms with Crippen LogP contribution in [0.4, 0.5) is 0 Å². The molecule has 1 aromatic heterocycles. The molecule has 1 saturated carbocycles. The van der Waals surface area contributed by atoms with Crippen LogP contribution in [0.25, 0.3) is 10.9 Å². The molecule has 112 valence electrons. The highest BCUT2D eigenvalue weighted by Gasteiger charge is 2.19. The summed E-state index contributed by atoms with van der Waals surface area (Å²) in [6.07, 6.45) is 8.62. The Balaban J connectivity index is 1.99. The average Bonchev–Trinajstić information content (AvgIpc) is 2.85. The lowest BCUT2D eigenvalue weighted by Gasteiger charge is -2.24. The Hall–Kier alpha value is -1.29. The number of carbonyl (C=O) groups excluding carboxylic acids is 1. The molecule has 21 heavy (non-hydrogen) atoms. The Morgan fingerprint density at radius 1 is 1.33 bits per heavy atom. The smallest absolute Gasteiger partial charge is 0.338 e. The van der Waals surface area contributed by atoms with Crippen LogP contribution < -0.4 is 0 Å². The zero-order valence-corrected chi connectivity index (χ0v) is 13.9. The lowest BCUT2D eigenvalue weighted by atomic mass is 9.95. The summed E-state index contributed by atoms with van der Waals surface area (Å²) in [6.45, 7) is 2.23. The number of carbonyl (C=O) groups is 1. The first-order valence-corrected chi connectivity index (χ1v) is 8.47. The fourth-order valence-corrected chi connectivity index (χ4v) is 3.75. The normalized spacial score (nSPS) is 16.3. The van der Waals surface area contributed by atoms with Gasteiger partial charge in [-0.1, -0.05) is 19.3 Å². The van der Waals surface area contributed by atoms with Crippen molar-refractivity contribution < 1.29 is 9.53 Å². The Morgan fingerprint density at radius 3 is 2.81 bits per heavy atom. The Labute approximate surface area is 133 Å². The second-order valence-electron chi connectivity index (χ2n) is 5.63. The van der Waals surface area contributed by atoms with Gasteiger partial charge in [0.1, 0.15) is 0 Å². The van der Waals surface area contributed by atoms with Gasteiger partial charge in [-0.3, -0.25) is 0 Å². The maximum atomic E-state index is 11.9. The Bertz CT molecular complexity index is 656. The quantitative estimate of drug-likeness (QED) is 0.723. The Morgan fingerprint density at radius 2 is 2.10 bits per heavy atom. The van der Waals surface area contributed by atoms with Crippen molar-refractivity contribution in [2.45, 2.75) is 45.1 Å². The zero-order valence-electron chi connectivity index (χ0n) is 12.3. The van der Waals surface area contributed by atoms with E-state index in [1.54, 1.807) is 0 Å². The number of hydrogen-bond acceptors (Lipinski definition) is 2. The fourth-order valence-electron chi connectivity index (χ4n) is 3.22. The standard InChI is InChI=1S/C17H20BrNO2/c1-2-21-17(20)12-8-9-16-14(10-12)15(18)11-19(16)13-6-4-3-5-7-13/h8-11,13H,2-7H2,1H3. The van der Waals surface area contributed by atoms with E-state index in [9.17, 15) is 4.79 Å². The van der Waals surface area contributed by atoms with Crippen LogP contribution in [0.2, 0.25) is 0 Å². The predicted octanol–water partition coefficient (Wildman–Crippen LogP) is 5.09. The highest BCUT2D eigenvalue weighted by Crippen LogP contribution is 2.35. The number of esters is 1. The molecule has 1 fully saturated rings. The molecular weight excluding hydrogens is 330 g/mol. The van der Waals surface area contributed by atoms with Gasteiger partial charge in [0, 0.05) is 27.6 Å². The molecule has 3 nitrogen and oxygen atoms in total. The molecule has 1 aliphatic carbocycles. The summed E-state index contributed by atoms with van der Waals surface area (Å²) in [4.78, 5) is 11.9. The second kappa shape index (κ2) is 6.22. The van der Waals surface area contributed by atoms with Gasteiger partial charge in [0.25, 0.3) is 0 Å². The average molecular weight is 350 g/mol. The first-order chi connectivity index (χ1) is 10.2. The van der Waals surface area contributed by atoms with Crippen molar-refractivity contribution >= 4 is 32.8 Å². The molecule has 2 aromatic rings. The van der Waals surface area contributed by atoms with Crippen molar-refractivity contribution in [1.82, 2.24) is 4.57 Å². The maximum Gasteiger partial charge on any atom is 0.338 e. The minimum absolute atomic E-state index is 0.253. The van der Waals surface area contributed by atoms with Crippen molar-refractivity contribution in [3.63, 3.8) is 0 Å². The van der Waals surface area contributed by atoms with Gasteiger partial charge >= 0.3 is 5.97 Å². The van der Waals surface area contributed by atoms with E-state index in [0.717, 1.165) is 9.86 Å². The summed E-state index contributed by atoms with van der Waals surface area (Å²) in [6, 6.07) is 6.42. The van der Waals surface area contributed by atoms with Crippen LogP contribution in [0.1, 0.15) is 55.4 Å². The van der Waals surface area contributed by atoms with Crippen LogP contribution in [0.15, 0.2) is 28.9 Å². The van der Waals surface area contributed by atoms with E-state index in [2.05, 4.69) is 26.7 Å². The molecule has 0 radical (unpaired) electrons. The van der Waals surface area contributed by atoms with E-state index < -0.39 is 0 Å². The van der Waals surface area contributed by atoms with Crippen LogP contribution in [0.3, 0.4) is 0 Å². The number of rotatable bonds is 3. The lowest BCUT2D eigenvalue weighted by molar-refractivity contribution is 0.0526. The zero-order chi connectivity index (χ0) is 14.8. The lowest BCUT2D eigenvalue weighted by Crippen LogP contribution is -2.11. The highest BCUT2D eigenvalue weighted by atomic mass is 79.9. The highest BCUT2D eigenvalue weighted by molar-refractivity contribution is 9.10. The fraction of sp³-hybridized carbons (Fsp3) is 0.471. The molecule has 0 atom stereocenters. The summed E-state index contributed by atoms with van der Waals surface area (Å²) in [5, 5.41) is 1.09. The van der Waals surface area contributed by atoms with E-state index >= 15 is 0 Å². The number of benzene rings is 1. The van der Waals surface area contributed by atoms with E-state index in [4.69, 9.17) is 4.74 Å². The van der Waals surface area contributed by atoms with Crippen LogP contribution >= 0.6 is 15.9 Å². The molecule has 0 saturated heterocycles. The number of hydrogen-bond donors (Lipinski definition) is 0. The molecule has 1 heterocycles.